The SMILES string of the molecule is NC1(c2cnc3ccccn23)CCC(F)(F)CC1. The average molecular weight is 251 g/mol. The lowest BCUT2D eigenvalue weighted by Crippen LogP contribution is -2.44. The van der Waals surface area contributed by atoms with E-state index in [4.69, 9.17) is 5.73 Å². The zero-order valence-corrected chi connectivity index (χ0v) is 9.94. The predicted molar refractivity (Wildman–Crippen MR) is 64.5 cm³/mol. The van der Waals surface area contributed by atoms with Gasteiger partial charge in [0.1, 0.15) is 5.65 Å². The molecule has 2 heterocycles. The molecule has 96 valence electrons. The van der Waals surface area contributed by atoms with E-state index < -0.39 is 11.5 Å². The molecule has 1 saturated carbocycles. The highest BCUT2D eigenvalue weighted by Crippen LogP contribution is 2.42. The van der Waals surface area contributed by atoms with Crippen molar-refractivity contribution >= 4 is 5.65 Å². The van der Waals surface area contributed by atoms with Crippen LogP contribution in [0.4, 0.5) is 8.78 Å². The van der Waals surface area contributed by atoms with Gasteiger partial charge in [0.2, 0.25) is 5.92 Å². The van der Waals surface area contributed by atoms with Crippen LogP contribution in [-0.4, -0.2) is 15.3 Å². The summed E-state index contributed by atoms with van der Waals surface area (Å²) in [5, 5.41) is 0. The normalized spacial score (nSPS) is 22.2. The molecular formula is C13H15F2N3. The van der Waals surface area contributed by atoms with E-state index >= 15 is 0 Å². The Bertz CT molecular complexity index is 566. The molecule has 0 spiro atoms. The van der Waals surface area contributed by atoms with Gasteiger partial charge in [-0.25, -0.2) is 13.8 Å². The monoisotopic (exact) mass is 251 g/mol. The van der Waals surface area contributed by atoms with Crippen LogP contribution in [0.1, 0.15) is 31.4 Å². The highest BCUT2D eigenvalue weighted by Gasteiger charge is 2.43. The van der Waals surface area contributed by atoms with E-state index in [0.29, 0.717) is 12.8 Å². The Labute approximate surface area is 104 Å². The molecule has 1 aliphatic rings. The van der Waals surface area contributed by atoms with Crippen LogP contribution in [0.25, 0.3) is 5.65 Å². The minimum Gasteiger partial charge on any atom is -0.320 e. The fourth-order valence-electron chi connectivity index (χ4n) is 2.62. The van der Waals surface area contributed by atoms with Crippen molar-refractivity contribution in [2.24, 2.45) is 5.73 Å². The topological polar surface area (TPSA) is 43.3 Å². The van der Waals surface area contributed by atoms with Crippen LogP contribution < -0.4 is 5.73 Å². The van der Waals surface area contributed by atoms with Gasteiger partial charge in [-0.15, -0.1) is 0 Å². The first-order valence-electron chi connectivity index (χ1n) is 6.10. The predicted octanol–water partition coefficient (Wildman–Crippen LogP) is 2.70. The van der Waals surface area contributed by atoms with E-state index in [0.717, 1.165) is 11.3 Å². The van der Waals surface area contributed by atoms with Gasteiger partial charge in [-0.05, 0) is 25.0 Å². The zero-order chi connectivity index (χ0) is 12.8. The van der Waals surface area contributed by atoms with Crippen molar-refractivity contribution < 1.29 is 8.78 Å². The molecule has 18 heavy (non-hydrogen) atoms. The fourth-order valence-corrected chi connectivity index (χ4v) is 2.62. The number of halogens is 2. The molecule has 0 radical (unpaired) electrons. The molecule has 0 atom stereocenters. The number of aromatic nitrogens is 2. The Morgan fingerprint density at radius 1 is 1.17 bits per heavy atom. The molecule has 1 fully saturated rings. The van der Waals surface area contributed by atoms with Crippen LogP contribution >= 0.6 is 0 Å². The molecule has 3 rings (SSSR count). The number of nitrogens with two attached hydrogens (primary N) is 1. The quantitative estimate of drug-likeness (QED) is 0.846. The number of alkyl halides is 2. The highest BCUT2D eigenvalue weighted by molar-refractivity contribution is 5.41. The third-order valence-electron chi connectivity index (χ3n) is 3.80. The Kier molecular flexibility index (Phi) is 2.41. The summed E-state index contributed by atoms with van der Waals surface area (Å²) in [4.78, 5) is 4.27. The van der Waals surface area contributed by atoms with Crippen LogP contribution in [0.2, 0.25) is 0 Å². The number of pyridine rings is 1. The van der Waals surface area contributed by atoms with Crippen molar-refractivity contribution in [3.63, 3.8) is 0 Å². The van der Waals surface area contributed by atoms with Gasteiger partial charge in [0.05, 0.1) is 17.4 Å². The van der Waals surface area contributed by atoms with Crippen LogP contribution in [0.5, 0.6) is 0 Å². The molecule has 2 N–H and O–H groups in total. The Morgan fingerprint density at radius 3 is 2.61 bits per heavy atom. The van der Waals surface area contributed by atoms with E-state index in [1.54, 1.807) is 6.20 Å². The molecule has 0 bridgehead atoms. The summed E-state index contributed by atoms with van der Waals surface area (Å²) in [6, 6.07) is 5.66. The Balaban J connectivity index is 1.99. The Hall–Kier alpha value is -1.49. The first-order chi connectivity index (χ1) is 8.50. The first-order valence-corrected chi connectivity index (χ1v) is 6.10. The number of hydrogen-bond donors (Lipinski definition) is 1. The van der Waals surface area contributed by atoms with Crippen LogP contribution in [0, 0.1) is 0 Å². The highest BCUT2D eigenvalue weighted by atomic mass is 19.3. The Morgan fingerprint density at radius 2 is 1.89 bits per heavy atom. The largest absolute Gasteiger partial charge is 0.320 e. The summed E-state index contributed by atoms with van der Waals surface area (Å²) >= 11 is 0. The number of rotatable bonds is 1. The number of hydrogen-bond acceptors (Lipinski definition) is 2. The molecule has 0 amide bonds. The summed E-state index contributed by atoms with van der Waals surface area (Å²) in [5.41, 5.74) is 7.25. The molecule has 0 aliphatic heterocycles. The summed E-state index contributed by atoms with van der Waals surface area (Å²) < 4.78 is 28.3. The lowest BCUT2D eigenvalue weighted by Gasteiger charge is -2.36. The van der Waals surface area contributed by atoms with Gasteiger partial charge >= 0.3 is 0 Å². The van der Waals surface area contributed by atoms with E-state index in [1.807, 2.05) is 28.8 Å². The maximum absolute atomic E-state index is 13.2. The molecule has 1 aliphatic carbocycles. The van der Waals surface area contributed by atoms with Crippen LogP contribution in [-0.2, 0) is 5.54 Å². The van der Waals surface area contributed by atoms with Gasteiger partial charge in [0.25, 0.3) is 0 Å². The van der Waals surface area contributed by atoms with Gasteiger partial charge in [-0.1, -0.05) is 6.07 Å². The number of fused-ring (bicyclic) bond motifs is 1. The van der Waals surface area contributed by atoms with Crippen molar-refractivity contribution in [1.29, 1.82) is 0 Å². The number of nitrogens with zero attached hydrogens (tertiary/aromatic N) is 2. The van der Waals surface area contributed by atoms with E-state index in [-0.39, 0.29) is 12.8 Å². The summed E-state index contributed by atoms with van der Waals surface area (Å²) in [5.74, 6) is -2.57. The van der Waals surface area contributed by atoms with Gasteiger partial charge in [-0.2, -0.15) is 0 Å². The van der Waals surface area contributed by atoms with Crippen molar-refractivity contribution in [1.82, 2.24) is 9.38 Å². The van der Waals surface area contributed by atoms with Crippen molar-refractivity contribution in [2.75, 3.05) is 0 Å². The van der Waals surface area contributed by atoms with Gasteiger partial charge in [0, 0.05) is 19.0 Å². The van der Waals surface area contributed by atoms with E-state index in [2.05, 4.69) is 4.98 Å². The minimum absolute atomic E-state index is 0.149. The average Bonchev–Trinajstić information content (AvgIpc) is 2.78. The van der Waals surface area contributed by atoms with E-state index in [1.165, 1.54) is 0 Å². The van der Waals surface area contributed by atoms with Gasteiger partial charge in [0.15, 0.2) is 0 Å². The summed E-state index contributed by atoms with van der Waals surface area (Å²) in [6.45, 7) is 0. The first kappa shape index (κ1) is 11.6. The third-order valence-corrected chi connectivity index (χ3v) is 3.80. The lowest BCUT2D eigenvalue weighted by atomic mass is 9.78. The van der Waals surface area contributed by atoms with Gasteiger partial charge in [-0.3, -0.25) is 0 Å². The second-order valence-electron chi connectivity index (χ2n) is 5.08. The maximum Gasteiger partial charge on any atom is 0.248 e. The molecule has 2 aromatic heterocycles. The maximum atomic E-state index is 13.2. The summed E-state index contributed by atoms with van der Waals surface area (Å²) in [6.07, 6.45) is 3.87. The molecule has 0 aromatic carbocycles. The smallest absolute Gasteiger partial charge is 0.248 e. The van der Waals surface area contributed by atoms with Gasteiger partial charge < -0.3 is 10.1 Å². The minimum atomic E-state index is -2.57. The fraction of sp³-hybridized carbons (Fsp3) is 0.462. The van der Waals surface area contributed by atoms with Crippen LogP contribution in [0.3, 0.4) is 0 Å². The number of imidazole rings is 1. The molecule has 0 saturated heterocycles. The molecule has 0 unspecified atom stereocenters. The van der Waals surface area contributed by atoms with Crippen molar-refractivity contribution in [3.8, 4) is 0 Å². The second-order valence-corrected chi connectivity index (χ2v) is 5.08. The van der Waals surface area contributed by atoms with Crippen LogP contribution in [0.15, 0.2) is 30.6 Å². The van der Waals surface area contributed by atoms with Crippen molar-refractivity contribution in [3.05, 3.63) is 36.3 Å². The van der Waals surface area contributed by atoms with E-state index in [9.17, 15) is 8.78 Å². The third kappa shape index (κ3) is 1.79. The molecule has 3 nitrogen and oxygen atoms in total. The lowest BCUT2D eigenvalue weighted by molar-refractivity contribution is -0.0520. The molecule has 5 heteroatoms. The zero-order valence-electron chi connectivity index (χ0n) is 9.94. The molecular weight excluding hydrogens is 236 g/mol. The standard InChI is InChI=1S/C13H15F2N3/c14-13(15)6-4-12(16,5-7-13)10-9-17-11-3-1-2-8-18(10)11/h1-3,8-9H,4-7,16H2. The van der Waals surface area contributed by atoms with Crippen molar-refractivity contribution in [2.45, 2.75) is 37.1 Å². The molecule has 2 aromatic rings. The summed E-state index contributed by atoms with van der Waals surface area (Å²) in [7, 11) is 0. The second kappa shape index (κ2) is 3.75.